The predicted octanol–water partition coefficient (Wildman–Crippen LogP) is 5.32. The van der Waals surface area contributed by atoms with Crippen molar-refractivity contribution in [3.8, 4) is 10.6 Å². The summed E-state index contributed by atoms with van der Waals surface area (Å²) in [5.74, 6) is 0. The van der Waals surface area contributed by atoms with E-state index in [0.29, 0.717) is 0 Å². The summed E-state index contributed by atoms with van der Waals surface area (Å²) in [5.41, 5.74) is 3.38. The van der Waals surface area contributed by atoms with Gasteiger partial charge in [0.2, 0.25) is 0 Å². The molecule has 0 unspecified atom stereocenters. The molecule has 0 radical (unpaired) electrons. The maximum absolute atomic E-state index is 5.06. The van der Waals surface area contributed by atoms with Gasteiger partial charge in [0.25, 0.3) is 0 Å². The molecule has 4 rings (SSSR count). The molecule has 1 aliphatic carbocycles. The monoisotopic (exact) mass is 361 g/mol. The summed E-state index contributed by atoms with van der Waals surface area (Å²) >= 11 is 1.80. The van der Waals surface area contributed by atoms with Crippen LogP contribution in [-0.4, -0.2) is 24.6 Å². The van der Waals surface area contributed by atoms with Crippen LogP contribution in [-0.2, 0) is 0 Å². The van der Waals surface area contributed by atoms with Crippen molar-refractivity contribution in [2.24, 2.45) is 4.99 Å². The molecule has 0 fully saturated rings. The number of hydrogen-bond donors (Lipinski definition) is 0. The molecule has 0 bridgehead atoms. The minimum atomic E-state index is 0.786. The maximum atomic E-state index is 5.06. The van der Waals surface area contributed by atoms with Gasteiger partial charge in [-0.1, -0.05) is 24.3 Å². The lowest BCUT2D eigenvalue weighted by atomic mass is 10.1. The average molecular weight is 362 g/mol. The van der Waals surface area contributed by atoms with Crippen LogP contribution in [0.1, 0.15) is 20.8 Å². The fourth-order valence-corrected chi connectivity index (χ4v) is 4.52. The molecular weight excluding hydrogens is 338 g/mol. The Morgan fingerprint density at radius 2 is 1.73 bits per heavy atom. The van der Waals surface area contributed by atoms with E-state index in [1.54, 1.807) is 11.3 Å². The SMILES string of the molecule is CCN=c1cc2sc3ccc(N(CC)CC)cc3nc-2c2ccccc12. The number of nitrogens with zero attached hydrogens (tertiary/aromatic N) is 3. The fourth-order valence-electron chi connectivity index (χ4n) is 3.51. The first-order valence-electron chi connectivity index (χ1n) is 9.27. The van der Waals surface area contributed by atoms with Gasteiger partial charge in [0.15, 0.2) is 0 Å². The number of hydrogen-bond acceptors (Lipinski definition) is 4. The first-order chi connectivity index (χ1) is 12.7. The van der Waals surface area contributed by atoms with Crippen molar-refractivity contribution in [1.29, 1.82) is 0 Å². The quantitative estimate of drug-likeness (QED) is 0.363. The van der Waals surface area contributed by atoms with Gasteiger partial charge in [0.05, 0.1) is 26.1 Å². The Balaban J connectivity index is 2.04. The summed E-state index contributed by atoms with van der Waals surface area (Å²) < 4.78 is 1.21. The molecule has 1 aliphatic heterocycles. The summed E-state index contributed by atoms with van der Waals surface area (Å²) in [6.45, 7) is 9.25. The zero-order chi connectivity index (χ0) is 18.1. The highest BCUT2D eigenvalue weighted by Gasteiger charge is 2.14. The summed E-state index contributed by atoms with van der Waals surface area (Å²) in [4.78, 5) is 13.3. The second kappa shape index (κ2) is 7.04. The third-order valence-electron chi connectivity index (χ3n) is 4.81. The molecule has 0 amide bonds. The van der Waals surface area contributed by atoms with Crippen LogP contribution >= 0.6 is 11.3 Å². The highest BCUT2D eigenvalue weighted by Crippen LogP contribution is 2.35. The van der Waals surface area contributed by atoms with Crippen LogP contribution in [0.15, 0.2) is 53.5 Å². The van der Waals surface area contributed by atoms with Gasteiger partial charge in [-0.25, -0.2) is 4.98 Å². The molecule has 2 aromatic rings. The van der Waals surface area contributed by atoms with Crippen molar-refractivity contribution in [3.05, 3.63) is 53.9 Å². The van der Waals surface area contributed by atoms with Gasteiger partial charge in [-0.15, -0.1) is 11.3 Å². The van der Waals surface area contributed by atoms with Crippen LogP contribution in [0.4, 0.5) is 5.69 Å². The molecule has 26 heavy (non-hydrogen) atoms. The van der Waals surface area contributed by atoms with Gasteiger partial charge in [0, 0.05) is 36.1 Å². The van der Waals surface area contributed by atoms with E-state index in [9.17, 15) is 0 Å². The molecule has 2 aliphatic rings. The van der Waals surface area contributed by atoms with E-state index in [2.05, 4.69) is 74.2 Å². The molecular formula is C22H23N3S. The zero-order valence-electron chi connectivity index (χ0n) is 15.5. The van der Waals surface area contributed by atoms with Crippen LogP contribution in [0.3, 0.4) is 0 Å². The fraction of sp³-hybridized carbons (Fsp3) is 0.273. The van der Waals surface area contributed by atoms with Crippen LogP contribution in [0.5, 0.6) is 0 Å². The highest BCUT2D eigenvalue weighted by atomic mass is 32.1. The Labute approximate surface area is 158 Å². The zero-order valence-corrected chi connectivity index (χ0v) is 16.3. The minimum absolute atomic E-state index is 0.786. The number of aromatic nitrogens is 1. The Morgan fingerprint density at radius 3 is 2.46 bits per heavy atom. The first-order valence-corrected chi connectivity index (χ1v) is 10.1. The molecule has 0 saturated carbocycles. The standard InChI is InChI=1S/C22H23N3S/c1-4-23-18-14-21-22(17-10-8-7-9-16(17)18)24-19-13-15(25(5-2)6-3)11-12-20(19)26-21/h7-14H,4-6H2,1-3H3. The van der Waals surface area contributed by atoms with Crippen LogP contribution in [0.2, 0.25) is 0 Å². The molecule has 4 heteroatoms. The smallest absolute Gasteiger partial charge is 0.0889 e. The number of benzene rings is 3. The van der Waals surface area contributed by atoms with Crippen molar-refractivity contribution in [2.75, 3.05) is 24.5 Å². The molecule has 2 aromatic carbocycles. The summed E-state index contributed by atoms with van der Waals surface area (Å²) in [6, 6.07) is 17.3. The van der Waals surface area contributed by atoms with Crippen molar-refractivity contribution in [2.45, 2.75) is 20.8 Å². The van der Waals surface area contributed by atoms with E-state index >= 15 is 0 Å². The second-order valence-corrected chi connectivity index (χ2v) is 7.38. The topological polar surface area (TPSA) is 28.5 Å². The van der Waals surface area contributed by atoms with Gasteiger partial charge in [-0.05, 0) is 45.0 Å². The van der Waals surface area contributed by atoms with Crippen molar-refractivity contribution < 1.29 is 0 Å². The lowest BCUT2D eigenvalue weighted by Crippen LogP contribution is -2.21. The van der Waals surface area contributed by atoms with Gasteiger partial charge < -0.3 is 4.90 Å². The van der Waals surface area contributed by atoms with E-state index in [1.165, 1.54) is 26.0 Å². The van der Waals surface area contributed by atoms with Gasteiger partial charge in [0.1, 0.15) is 0 Å². The van der Waals surface area contributed by atoms with Gasteiger partial charge in [-0.3, -0.25) is 4.99 Å². The van der Waals surface area contributed by atoms with E-state index in [4.69, 9.17) is 9.98 Å². The largest absolute Gasteiger partial charge is 0.372 e. The lowest BCUT2D eigenvalue weighted by Gasteiger charge is -2.21. The molecule has 0 N–H and O–H groups in total. The van der Waals surface area contributed by atoms with E-state index in [-0.39, 0.29) is 0 Å². The third kappa shape index (κ3) is 2.84. The Kier molecular flexibility index (Phi) is 4.60. The van der Waals surface area contributed by atoms with Crippen molar-refractivity contribution in [3.63, 3.8) is 0 Å². The number of anilines is 1. The average Bonchev–Trinajstić information content (AvgIpc) is 2.68. The summed E-state index contributed by atoms with van der Waals surface area (Å²) in [7, 11) is 0. The van der Waals surface area contributed by atoms with E-state index in [1.807, 2.05) is 0 Å². The first kappa shape index (κ1) is 17.0. The lowest BCUT2D eigenvalue weighted by molar-refractivity contribution is 0.867. The molecule has 0 aromatic heterocycles. The summed E-state index contributed by atoms with van der Waals surface area (Å²) in [6.07, 6.45) is 0. The molecule has 0 saturated heterocycles. The maximum Gasteiger partial charge on any atom is 0.0889 e. The van der Waals surface area contributed by atoms with Gasteiger partial charge in [-0.2, -0.15) is 0 Å². The van der Waals surface area contributed by atoms with E-state index in [0.717, 1.165) is 36.2 Å². The Bertz CT molecular complexity index is 1110. The van der Waals surface area contributed by atoms with E-state index < -0.39 is 0 Å². The molecule has 0 atom stereocenters. The van der Waals surface area contributed by atoms with Crippen molar-refractivity contribution in [1.82, 2.24) is 4.98 Å². The number of rotatable bonds is 4. The molecule has 1 heterocycles. The second-order valence-electron chi connectivity index (χ2n) is 6.30. The Morgan fingerprint density at radius 1 is 0.962 bits per heavy atom. The predicted molar refractivity (Wildman–Crippen MR) is 113 cm³/mol. The van der Waals surface area contributed by atoms with Crippen LogP contribution in [0, 0.1) is 0 Å². The molecule has 3 nitrogen and oxygen atoms in total. The Hall–Kier alpha value is -2.46. The molecule has 0 spiro atoms. The van der Waals surface area contributed by atoms with Crippen LogP contribution < -0.4 is 10.3 Å². The third-order valence-corrected chi connectivity index (χ3v) is 5.91. The minimum Gasteiger partial charge on any atom is -0.372 e. The molecule has 132 valence electrons. The van der Waals surface area contributed by atoms with Crippen LogP contribution in [0.25, 0.3) is 31.6 Å². The summed E-state index contributed by atoms with van der Waals surface area (Å²) in [5, 5.41) is 3.43. The number of fused-ring (bicyclic) bond motifs is 4. The van der Waals surface area contributed by atoms with Gasteiger partial charge >= 0.3 is 0 Å². The normalized spacial score (nSPS) is 12.3. The van der Waals surface area contributed by atoms with Crippen molar-refractivity contribution >= 4 is 38.0 Å². The highest BCUT2D eigenvalue weighted by molar-refractivity contribution is 7.21.